The number of fused-ring (bicyclic) bond motifs is 1. The van der Waals surface area contributed by atoms with Gasteiger partial charge in [0.2, 0.25) is 0 Å². The molecule has 5 heteroatoms. The molecule has 0 aliphatic rings. The van der Waals surface area contributed by atoms with Crippen LogP contribution in [0.5, 0.6) is 11.5 Å². The maximum Gasteiger partial charge on any atom is 0.198 e. The SMILES string of the molecule is Oc1ccccc1-c1nc2c(O)cccn2n1. The molecule has 0 atom stereocenters. The molecule has 0 fully saturated rings. The van der Waals surface area contributed by atoms with Crippen LogP contribution in [-0.4, -0.2) is 24.8 Å². The highest BCUT2D eigenvalue weighted by Crippen LogP contribution is 2.27. The molecule has 3 aromatic rings. The number of nitrogens with zero attached hydrogens (tertiary/aromatic N) is 3. The predicted molar refractivity (Wildman–Crippen MR) is 61.8 cm³/mol. The summed E-state index contributed by atoms with van der Waals surface area (Å²) in [5.74, 6) is 0.550. The van der Waals surface area contributed by atoms with E-state index < -0.39 is 0 Å². The Kier molecular flexibility index (Phi) is 1.98. The van der Waals surface area contributed by atoms with Gasteiger partial charge in [0.25, 0.3) is 0 Å². The molecule has 0 radical (unpaired) electrons. The van der Waals surface area contributed by atoms with Gasteiger partial charge in [-0.05, 0) is 24.3 Å². The van der Waals surface area contributed by atoms with Crippen molar-refractivity contribution in [3.63, 3.8) is 0 Å². The Balaban J connectivity index is 2.26. The maximum absolute atomic E-state index is 9.71. The summed E-state index contributed by atoms with van der Waals surface area (Å²) in [6.07, 6.45) is 1.69. The van der Waals surface area contributed by atoms with Crippen molar-refractivity contribution in [2.24, 2.45) is 0 Å². The van der Waals surface area contributed by atoms with E-state index in [0.29, 0.717) is 17.0 Å². The predicted octanol–water partition coefficient (Wildman–Crippen LogP) is 1.81. The number of phenolic OH excluding ortho intramolecular Hbond substituents is 1. The standard InChI is InChI=1S/C12H9N3O2/c16-9-5-2-1-4-8(9)11-13-12-10(17)6-3-7-15(12)14-11/h1-7,16-17H. The number of rotatable bonds is 1. The molecule has 2 heterocycles. The van der Waals surface area contributed by atoms with Crippen LogP contribution in [0.1, 0.15) is 0 Å². The van der Waals surface area contributed by atoms with Crippen LogP contribution in [-0.2, 0) is 0 Å². The third-order valence-corrected chi connectivity index (χ3v) is 2.49. The number of aromatic hydroxyl groups is 2. The Bertz CT molecular complexity index is 691. The Morgan fingerprint density at radius 1 is 0.941 bits per heavy atom. The zero-order chi connectivity index (χ0) is 11.8. The molecule has 0 saturated carbocycles. The first kappa shape index (κ1) is 9.65. The van der Waals surface area contributed by atoms with Gasteiger partial charge in [-0.3, -0.25) is 0 Å². The average molecular weight is 227 g/mol. The quantitative estimate of drug-likeness (QED) is 0.665. The molecule has 0 amide bonds. The van der Waals surface area contributed by atoms with E-state index in [2.05, 4.69) is 10.1 Å². The van der Waals surface area contributed by atoms with Gasteiger partial charge in [0.15, 0.2) is 17.2 Å². The van der Waals surface area contributed by atoms with Gasteiger partial charge >= 0.3 is 0 Å². The number of hydrogen-bond donors (Lipinski definition) is 2. The van der Waals surface area contributed by atoms with Crippen LogP contribution >= 0.6 is 0 Å². The molecule has 2 N–H and O–H groups in total. The lowest BCUT2D eigenvalue weighted by Crippen LogP contribution is -1.85. The highest BCUT2D eigenvalue weighted by Gasteiger charge is 2.11. The van der Waals surface area contributed by atoms with Crippen molar-refractivity contribution in [2.45, 2.75) is 0 Å². The molecule has 84 valence electrons. The van der Waals surface area contributed by atoms with Crippen LogP contribution < -0.4 is 0 Å². The van der Waals surface area contributed by atoms with Crippen molar-refractivity contribution in [1.82, 2.24) is 14.6 Å². The smallest absolute Gasteiger partial charge is 0.198 e. The molecule has 3 rings (SSSR count). The molecule has 0 aliphatic heterocycles. The van der Waals surface area contributed by atoms with Crippen LogP contribution in [0.4, 0.5) is 0 Å². The van der Waals surface area contributed by atoms with Crippen LogP contribution in [0.25, 0.3) is 17.0 Å². The lowest BCUT2D eigenvalue weighted by molar-refractivity contribution is 0.476. The van der Waals surface area contributed by atoms with Gasteiger partial charge in [-0.25, -0.2) is 9.50 Å². The van der Waals surface area contributed by atoms with Gasteiger partial charge in [0.1, 0.15) is 5.75 Å². The van der Waals surface area contributed by atoms with Gasteiger partial charge in [-0.2, -0.15) is 0 Å². The second-order valence-electron chi connectivity index (χ2n) is 3.61. The Labute approximate surface area is 96.6 Å². The van der Waals surface area contributed by atoms with Gasteiger partial charge in [0, 0.05) is 6.20 Å². The summed E-state index contributed by atoms with van der Waals surface area (Å²) in [5.41, 5.74) is 0.904. The third kappa shape index (κ3) is 1.48. The van der Waals surface area contributed by atoms with E-state index in [1.807, 2.05) is 0 Å². The minimum atomic E-state index is 0.0571. The van der Waals surface area contributed by atoms with E-state index in [0.717, 1.165) is 0 Å². The van der Waals surface area contributed by atoms with E-state index in [9.17, 15) is 10.2 Å². The molecule has 5 nitrogen and oxygen atoms in total. The molecule has 2 aromatic heterocycles. The second kappa shape index (κ2) is 3.48. The van der Waals surface area contributed by atoms with Gasteiger partial charge < -0.3 is 10.2 Å². The number of aromatic nitrogens is 3. The number of hydrogen-bond acceptors (Lipinski definition) is 4. The van der Waals surface area contributed by atoms with E-state index in [4.69, 9.17) is 0 Å². The molecule has 0 spiro atoms. The van der Waals surface area contributed by atoms with Crippen molar-refractivity contribution in [2.75, 3.05) is 0 Å². The highest BCUT2D eigenvalue weighted by atomic mass is 16.3. The molecule has 1 aromatic carbocycles. The third-order valence-electron chi connectivity index (χ3n) is 2.49. The highest BCUT2D eigenvalue weighted by molar-refractivity contribution is 5.66. The maximum atomic E-state index is 9.71. The van der Waals surface area contributed by atoms with Crippen molar-refractivity contribution in [1.29, 1.82) is 0 Å². The molecular weight excluding hydrogens is 218 g/mol. The first-order valence-corrected chi connectivity index (χ1v) is 5.08. The van der Waals surface area contributed by atoms with Crippen LogP contribution in [0, 0.1) is 0 Å². The van der Waals surface area contributed by atoms with Crippen LogP contribution in [0.15, 0.2) is 42.6 Å². The molecule has 0 saturated heterocycles. The van der Waals surface area contributed by atoms with Gasteiger partial charge in [0.05, 0.1) is 5.56 Å². The number of pyridine rings is 1. The molecule has 0 unspecified atom stereocenters. The summed E-state index contributed by atoms with van der Waals surface area (Å²) in [6.45, 7) is 0. The zero-order valence-corrected chi connectivity index (χ0v) is 8.78. The number of para-hydroxylation sites is 1. The van der Waals surface area contributed by atoms with E-state index in [1.165, 1.54) is 4.52 Å². The molecule has 17 heavy (non-hydrogen) atoms. The van der Waals surface area contributed by atoms with E-state index in [1.54, 1.807) is 42.6 Å². The lowest BCUT2D eigenvalue weighted by Gasteiger charge is -1.97. The van der Waals surface area contributed by atoms with Gasteiger partial charge in [-0.1, -0.05) is 12.1 Å². The van der Waals surface area contributed by atoms with E-state index >= 15 is 0 Å². The van der Waals surface area contributed by atoms with Crippen molar-refractivity contribution >= 4 is 5.65 Å². The largest absolute Gasteiger partial charge is 0.507 e. The fraction of sp³-hybridized carbons (Fsp3) is 0. The first-order valence-electron chi connectivity index (χ1n) is 5.08. The Morgan fingerprint density at radius 3 is 2.47 bits per heavy atom. The summed E-state index contributed by atoms with van der Waals surface area (Å²) < 4.78 is 1.47. The molecule has 0 bridgehead atoms. The monoisotopic (exact) mass is 227 g/mol. The van der Waals surface area contributed by atoms with Crippen LogP contribution in [0.3, 0.4) is 0 Å². The summed E-state index contributed by atoms with van der Waals surface area (Å²) in [5, 5.41) is 23.5. The normalized spacial score (nSPS) is 10.8. The summed E-state index contributed by atoms with van der Waals surface area (Å²) in [6, 6.07) is 10.0. The van der Waals surface area contributed by atoms with Crippen LogP contribution in [0.2, 0.25) is 0 Å². The van der Waals surface area contributed by atoms with Gasteiger partial charge in [-0.15, -0.1) is 5.10 Å². The minimum Gasteiger partial charge on any atom is -0.507 e. The lowest BCUT2D eigenvalue weighted by atomic mass is 10.2. The van der Waals surface area contributed by atoms with E-state index in [-0.39, 0.29) is 11.5 Å². The van der Waals surface area contributed by atoms with Crippen molar-refractivity contribution in [3.05, 3.63) is 42.6 Å². The molecular formula is C12H9N3O2. The second-order valence-corrected chi connectivity index (χ2v) is 3.61. The minimum absolute atomic E-state index is 0.0571. The summed E-state index contributed by atoms with van der Waals surface area (Å²) in [4.78, 5) is 4.19. The van der Waals surface area contributed by atoms with Crippen molar-refractivity contribution < 1.29 is 10.2 Å². The summed E-state index contributed by atoms with van der Waals surface area (Å²) >= 11 is 0. The number of phenols is 1. The van der Waals surface area contributed by atoms with Crippen molar-refractivity contribution in [3.8, 4) is 22.9 Å². The first-order chi connectivity index (χ1) is 8.25. The number of benzene rings is 1. The average Bonchev–Trinajstić information content (AvgIpc) is 2.75. The Hall–Kier alpha value is -2.56. The zero-order valence-electron chi connectivity index (χ0n) is 8.78. The summed E-state index contributed by atoms with van der Waals surface area (Å²) in [7, 11) is 0. The fourth-order valence-corrected chi connectivity index (χ4v) is 1.67. The Morgan fingerprint density at radius 2 is 1.71 bits per heavy atom. The molecule has 0 aliphatic carbocycles. The topological polar surface area (TPSA) is 70.7 Å². The fourth-order valence-electron chi connectivity index (χ4n) is 1.67.